The molecule has 0 bridgehead atoms. The fraction of sp³-hybridized carbons (Fsp3) is 0.481. The third-order valence-electron chi connectivity index (χ3n) is 14.4. The van der Waals surface area contributed by atoms with Crippen molar-refractivity contribution in [3.8, 4) is 0 Å². The van der Waals surface area contributed by atoms with Crippen molar-refractivity contribution < 1.29 is 66.5 Å². The Kier molecular flexibility index (Phi) is 15.8. The molecule has 3 aliphatic heterocycles. The number of nitrogens with zero attached hydrogens (tertiary/aromatic N) is 3. The number of anilines is 1. The van der Waals surface area contributed by atoms with E-state index in [9.17, 15) is 35.5 Å². The smallest absolute Gasteiger partial charge is 0.356 e. The van der Waals surface area contributed by atoms with Crippen LogP contribution >= 0.6 is 0 Å². The fourth-order valence-electron chi connectivity index (χ4n) is 10.8. The normalized spacial score (nSPS) is 21.3. The lowest BCUT2D eigenvalue weighted by atomic mass is 9.79. The molecule has 0 spiro atoms. The van der Waals surface area contributed by atoms with Gasteiger partial charge in [0, 0.05) is 71.8 Å². The zero-order valence-electron chi connectivity index (χ0n) is 40.2. The Morgan fingerprint density at radius 3 is 2.19 bits per heavy atom. The van der Waals surface area contributed by atoms with Gasteiger partial charge in [-0.05, 0) is 88.4 Å². The van der Waals surface area contributed by atoms with Gasteiger partial charge in [-0.2, -0.15) is 13.0 Å². The quantitative estimate of drug-likeness (QED) is 0.0446. The van der Waals surface area contributed by atoms with Crippen LogP contribution in [0.3, 0.4) is 0 Å². The van der Waals surface area contributed by atoms with Crippen LogP contribution in [0, 0.1) is 5.92 Å². The van der Waals surface area contributed by atoms with E-state index >= 15 is 0 Å². The number of hydrogen-bond donors (Lipinski definition) is 1. The monoisotopic (exact) mass is 991 g/mol. The Hall–Kier alpha value is -4.64. The van der Waals surface area contributed by atoms with Crippen molar-refractivity contribution >= 4 is 49.3 Å². The van der Waals surface area contributed by atoms with E-state index in [1.54, 1.807) is 12.1 Å². The van der Waals surface area contributed by atoms with Gasteiger partial charge in [0.25, 0.3) is 10.1 Å². The van der Waals surface area contributed by atoms with Gasteiger partial charge in [-0.15, -0.1) is 0 Å². The van der Waals surface area contributed by atoms with Gasteiger partial charge in [0.15, 0.2) is 11.8 Å². The van der Waals surface area contributed by atoms with Gasteiger partial charge in [0.2, 0.25) is 11.3 Å². The molecular formula is C52H66ClN3O10S2. The summed E-state index contributed by atoms with van der Waals surface area (Å²) < 4.78 is 85.7. The zero-order valence-corrected chi connectivity index (χ0v) is 42.6. The first-order chi connectivity index (χ1) is 31.5. The average Bonchev–Trinajstić information content (AvgIpc) is 4.02. The Bertz CT molecular complexity index is 2740. The molecule has 2 atom stereocenters. The van der Waals surface area contributed by atoms with Crippen LogP contribution < -0.4 is 17.3 Å². The molecule has 4 aliphatic rings. The van der Waals surface area contributed by atoms with Crippen LogP contribution in [-0.4, -0.2) is 99.0 Å². The first-order valence-corrected chi connectivity index (χ1v) is 26.4. The van der Waals surface area contributed by atoms with Crippen molar-refractivity contribution in [2.45, 2.75) is 125 Å². The van der Waals surface area contributed by atoms with Crippen LogP contribution in [0.5, 0.6) is 0 Å². The summed E-state index contributed by atoms with van der Waals surface area (Å²) in [7, 11) is -4.84. The maximum absolute atomic E-state index is 14.4. The van der Waals surface area contributed by atoms with Crippen LogP contribution in [0.25, 0.3) is 0 Å². The SMILES string of the molecule is CCN1/C(=C/C=C/C=C/C2=[N+](CCCCCC(=O)OC(C(=O)OC3CC[N+](C)(C)C3)(c3ccccc3)C3CCCC3)c3ccc(S(=O)(=O)O)cc3C2(C)C)C(C)(C)c2cc(S(=O)(=O)[O-])ccc21.[Cl-]. The molecule has 0 radical (unpaired) electrons. The molecule has 0 amide bonds. The van der Waals surface area contributed by atoms with Gasteiger partial charge in [-0.3, -0.25) is 9.35 Å². The highest BCUT2D eigenvalue weighted by atomic mass is 35.5. The largest absolute Gasteiger partial charge is 1.00 e. The molecule has 368 valence electrons. The van der Waals surface area contributed by atoms with Crippen molar-refractivity contribution in [3.05, 3.63) is 119 Å². The number of carbonyl (C=O) groups is 2. The number of allylic oxidation sites excluding steroid dienone is 6. The van der Waals surface area contributed by atoms with E-state index in [4.69, 9.17) is 9.47 Å². The number of carbonyl (C=O) groups excluding carboxylic acids is 2. The number of hydrogen-bond acceptors (Lipinski definition) is 10. The van der Waals surface area contributed by atoms with Crippen LogP contribution in [0.1, 0.15) is 109 Å². The highest BCUT2D eigenvalue weighted by Gasteiger charge is 2.54. The molecule has 3 aromatic rings. The summed E-state index contributed by atoms with van der Waals surface area (Å²) in [6.45, 7) is 12.8. The predicted molar refractivity (Wildman–Crippen MR) is 257 cm³/mol. The molecule has 16 heteroatoms. The summed E-state index contributed by atoms with van der Waals surface area (Å²) in [6.07, 6.45) is 15.6. The maximum Gasteiger partial charge on any atom is 0.356 e. The van der Waals surface area contributed by atoms with Crippen LogP contribution in [0.15, 0.2) is 113 Å². The molecule has 1 saturated heterocycles. The Morgan fingerprint density at radius 2 is 1.56 bits per heavy atom. The third kappa shape index (κ3) is 10.7. The fourth-order valence-corrected chi connectivity index (χ4v) is 11.8. The second kappa shape index (κ2) is 20.4. The van der Waals surface area contributed by atoms with Crippen molar-refractivity contribution in [2.24, 2.45) is 5.92 Å². The summed E-state index contributed by atoms with van der Waals surface area (Å²) in [6, 6.07) is 18.5. The average molecular weight is 993 g/mol. The lowest BCUT2D eigenvalue weighted by Gasteiger charge is -2.37. The second-order valence-electron chi connectivity index (χ2n) is 20.1. The number of quaternary nitrogens is 1. The van der Waals surface area contributed by atoms with Crippen molar-refractivity contribution in [3.63, 3.8) is 0 Å². The van der Waals surface area contributed by atoms with E-state index in [2.05, 4.69) is 23.6 Å². The summed E-state index contributed by atoms with van der Waals surface area (Å²) in [5, 5.41) is 0. The van der Waals surface area contributed by atoms with E-state index in [0.29, 0.717) is 44.5 Å². The molecule has 1 aliphatic carbocycles. The lowest BCUT2D eigenvalue weighted by Crippen LogP contribution is -3.00. The van der Waals surface area contributed by atoms with Crippen LogP contribution in [-0.2, 0) is 55.7 Å². The Labute approximate surface area is 409 Å². The first kappa shape index (κ1) is 52.7. The van der Waals surface area contributed by atoms with Gasteiger partial charge in [0.05, 0.1) is 35.8 Å². The number of likely N-dealkylation sites (tertiary alicyclic amines) is 1. The molecule has 7 rings (SSSR count). The molecule has 2 fully saturated rings. The maximum atomic E-state index is 14.4. The summed E-state index contributed by atoms with van der Waals surface area (Å²) in [5.41, 5.74) is 2.91. The second-order valence-corrected chi connectivity index (χ2v) is 22.9. The standard InChI is InChI=1S/C52H65N3O10S2.ClH/c1-8-53-44-29-27-40(66(58,59)60)34-42(44)50(2,3)46(53)24-14-10-15-25-47-51(4,5)43-35-41(67(61,62)63)28-30-45(43)54(47)32-19-11-16-26-48(56)65-52(38-22-17-18-23-38,37-20-12-9-13-21-37)49(57)64-39-31-33-55(6,7)36-39;/h9-10,12-15,20-21,24-25,27-30,34-35,38-39H,8,11,16-19,22-23,26,31-33,36H2,1-7H3;1H. The van der Waals surface area contributed by atoms with Crippen molar-refractivity contribution in [1.29, 1.82) is 0 Å². The summed E-state index contributed by atoms with van der Waals surface area (Å²) in [5.74, 6) is -1.11. The highest BCUT2D eigenvalue weighted by Crippen LogP contribution is 2.49. The van der Waals surface area contributed by atoms with E-state index < -0.39 is 48.6 Å². The molecule has 3 aromatic carbocycles. The van der Waals surface area contributed by atoms with E-state index in [0.717, 1.165) is 77.0 Å². The van der Waals surface area contributed by atoms with Gasteiger partial charge < -0.3 is 35.8 Å². The Morgan fingerprint density at radius 1 is 0.882 bits per heavy atom. The molecule has 13 nitrogen and oxygen atoms in total. The molecule has 1 saturated carbocycles. The van der Waals surface area contributed by atoms with Gasteiger partial charge in [-0.25, -0.2) is 13.2 Å². The summed E-state index contributed by atoms with van der Waals surface area (Å²) >= 11 is 0. The number of ether oxygens (including phenoxy) is 2. The number of benzene rings is 3. The molecular weight excluding hydrogens is 926 g/mol. The third-order valence-corrected chi connectivity index (χ3v) is 16.0. The number of fused-ring (bicyclic) bond motifs is 2. The van der Waals surface area contributed by atoms with Gasteiger partial charge >= 0.3 is 11.9 Å². The van der Waals surface area contributed by atoms with Gasteiger partial charge in [-0.1, -0.05) is 75.2 Å². The number of esters is 2. The number of unbranched alkanes of at least 4 members (excludes halogenated alkanes) is 2. The molecule has 3 heterocycles. The van der Waals surface area contributed by atoms with Crippen molar-refractivity contribution in [2.75, 3.05) is 45.2 Å². The minimum Gasteiger partial charge on any atom is -1.00 e. The van der Waals surface area contributed by atoms with E-state index in [1.165, 1.54) is 24.3 Å². The minimum atomic E-state index is -4.62. The topological polar surface area (TPSA) is 170 Å². The van der Waals surface area contributed by atoms with Crippen molar-refractivity contribution in [1.82, 2.24) is 0 Å². The van der Waals surface area contributed by atoms with E-state index in [-0.39, 0.29) is 40.6 Å². The minimum absolute atomic E-state index is 0. The predicted octanol–water partition coefficient (Wildman–Crippen LogP) is 5.61. The zero-order chi connectivity index (χ0) is 48.6. The van der Waals surface area contributed by atoms with Crippen LogP contribution in [0.2, 0.25) is 0 Å². The summed E-state index contributed by atoms with van der Waals surface area (Å²) in [4.78, 5) is 30.0. The molecule has 2 unspecified atom stereocenters. The number of rotatable bonds is 17. The van der Waals surface area contributed by atoms with Crippen LogP contribution in [0.4, 0.5) is 11.4 Å². The number of likely N-dealkylation sites (N-methyl/N-ethyl adjacent to an activating group) is 2. The van der Waals surface area contributed by atoms with E-state index in [1.807, 2.05) is 95.3 Å². The lowest BCUT2D eigenvalue weighted by molar-refractivity contribution is -0.879. The molecule has 0 aromatic heterocycles. The Balaban J connectivity index is 0.00000761. The molecule has 1 N–H and O–H groups in total. The van der Waals surface area contributed by atoms with Gasteiger partial charge in [0.1, 0.15) is 23.2 Å². The first-order valence-electron chi connectivity index (χ1n) is 23.5. The highest BCUT2D eigenvalue weighted by molar-refractivity contribution is 7.86. The number of halogens is 1. The molecule has 68 heavy (non-hydrogen) atoms.